The first kappa shape index (κ1) is 11.4. The third kappa shape index (κ3) is 2.08. The third-order valence-corrected chi connectivity index (χ3v) is 2.42. The largest absolute Gasteiger partial charge is 0.496 e. The molecular weight excluding hydrogens is 223 g/mol. The molecule has 90 valence electrons. The fourth-order valence-electron chi connectivity index (χ4n) is 1.61. The van der Waals surface area contributed by atoms with E-state index in [1.165, 1.54) is 19.2 Å². The minimum absolute atomic E-state index is 0.345. The van der Waals surface area contributed by atoms with Gasteiger partial charge < -0.3 is 14.5 Å². The molecule has 0 aliphatic rings. The van der Waals surface area contributed by atoms with Gasteiger partial charge in [-0.25, -0.2) is 4.39 Å². The maximum atomic E-state index is 13.3. The minimum atomic E-state index is -0.345. The molecule has 1 aromatic carbocycles. The average molecular weight is 236 g/mol. The summed E-state index contributed by atoms with van der Waals surface area (Å²) < 4.78 is 23.9. The number of halogens is 1. The minimum Gasteiger partial charge on any atom is -0.496 e. The fourth-order valence-corrected chi connectivity index (χ4v) is 1.61. The Hall–Kier alpha value is -2.04. The maximum Gasteiger partial charge on any atom is 0.295 e. The highest BCUT2D eigenvalue weighted by Crippen LogP contribution is 2.34. The molecule has 0 aliphatic carbocycles. The molecule has 1 N–H and O–H groups in total. The summed E-state index contributed by atoms with van der Waals surface area (Å²) in [7, 11) is 3.24. The molecule has 1 heterocycles. The van der Waals surface area contributed by atoms with Crippen LogP contribution in [-0.2, 0) is 0 Å². The number of methoxy groups -OCH3 is 1. The molecule has 2 aromatic rings. The van der Waals surface area contributed by atoms with E-state index in [-0.39, 0.29) is 5.82 Å². The Labute approximate surface area is 98.4 Å². The Morgan fingerprint density at radius 3 is 2.76 bits per heavy atom. The highest BCUT2D eigenvalue weighted by atomic mass is 19.1. The number of benzene rings is 1. The quantitative estimate of drug-likeness (QED) is 0.890. The van der Waals surface area contributed by atoms with Crippen molar-refractivity contribution in [1.82, 2.24) is 4.98 Å². The van der Waals surface area contributed by atoms with E-state index in [0.717, 1.165) is 0 Å². The first-order valence-corrected chi connectivity index (χ1v) is 5.14. The van der Waals surface area contributed by atoms with Crippen LogP contribution in [-0.4, -0.2) is 19.1 Å². The van der Waals surface area contributed by atoms with Crippen molar-refractivity contribution in [2.24, 2.45) is 0 Å². The number of rotatable bonds is 3. The number of nitrogens with zero attached hydrogens (tertiary/aromatic N) is 1. The molecule has 0 spiro atoms. The van der Waals surface area contributed by atoms with Crippen molar-refractivity contribution in [3.63, 3.8) is 0 Å². The highest BCUT2D eigenvalue weighted by Gasteiger charge is 2.16. The monoisotopic (exact) mass is 236 g/mol. The van der Waals surface area contributed by atoms with Crippen LogP contribution in [0.1, 0.15) is 5.69 Å². The van der Waals surface area contributed by atoms with Crippen LogP contribution in [0.25, 0.3) is 11.3 Å². The fraction of sp³-hybridized carbons (Fsp3) is 0.250. The molecule has 0 fully saturated rings. The molecule has 0 amide bonds. The molecule has 0 aliphatic heterocycles. The molecule has 5 heteroatoms. The summed E-state index contributed by atoms with van der Waals surface area (Å²) in [6, 6.07) is 4.66. The van der Waals surface area contributed by atoms with Crippen LogP contribution in [0.5, 0.6) is 5.75 Å². The molecule has 4 nitrogen and oxygen atoms in total. The summed E-state index contributed by atoms with van der Waals surface area (Å²) in [5.41, 5.74) is 1.23. The molecule has 0 unspecified atom stereocenters. The van der Waals surface area contributed by atoms with Crippen LogP contribution in [0.3, 0.4) is 0 Å². The number of hydrogen-bond acceptors (Lipinski definition) is 4. The molecule has 1 aromatic heterocycles. The Balaban J connectivity index is 2.58. The lowest BCUT2D eigenvalue weighted by Crippen LogP contribution is -1.89. The zero-order valence-electron chi connectivity index (χ0n) is 9.87. The Morgan fingerprint density at radius 2 is 2.18 bits per heavy atom. The smallest absolute Gasteiger partial charge is 0.295 e. The zero-order chi connectivity index (χ0) is 12.4. The van der Waals surface area contributed by atoms with E-state index in [9.17, 15) is 4.39 Å². The van der Waals surface area contributed by atoms with Gasteiger partial charge in [-0.15, -0.1) is 0 Å². The van der Waals surface area contributed by atoms with Crippen LogP contribution in [0.4, 0.5) is 10.4 Å². The van der Waals surface area contributed by atoms with Gasteiger partial charge in [0.05, 0.1) is 18.4 Å². The standard InChI is InChI=1S/C12H13FN2O2/c1-7-11(17-12(14-2)15-7)9-6-8(13)4-5-10(9)16-3/h4-6H,1-3H3,(H,14,15). The average Bonchev–Trinajstić information content (AvgIpc) is 2.70. The van der Waals surface area contributed by atoms with Crippen LogP contribution < -0.4 is 10.1 Å². The summed E-state index contributed by atoms with van der Waals surface area (Å²) in [4.78, 5) is 4.15. The van der Waals surface area contributed by atoms with Crippen molar-refractivity contribution >= 4 is 6.01 Å². The predicted molar refractivity (Wildman–Crippen MR) is 62.7 cm³/mol. The second-order valence-corrected chi connectivity index (χ2v) is 3.53. The Morgan fingerprint density at radius 1 is 1.41 bits per heavy atom. The summed E-state index contributed by atoms with van der Waals surface area (Å²) >= 11 is 0. The van der Waals surface area contributed by atoms with Crippen molar-refractivity contribution < 1.29 is 13.5 Å². The number of ether oxygens (including phenoxy) is 1. The van der Waals surface area contributed by atoms with Gasteiger partial charge in [-0.1, -0.05) is 0 Å². The lowest BCUT2D eigenvalue weighted by atomic mass is 10.1. The molecule has 2 rings (SSSR count). The normalized spacial score (nSPS) is 10.4. The molecule has 17 heavy (non-hydrogen) atoms. The van der Waals surface area contributed by atoms with Crippen LogP contribution >= 0.6 is 0 Å². The van der Waals surface area contributed by atoms with Gasteiger partial charge in [0.25, 0.3) is 6.01 Å². The van der Waals surface area contributed by atoms with Crippen molar-refractivity contribution in [3.8, 4) is 17.1 Å². The Kier molecular flexibility index (Phi) is 2.99. The van der Waals surface area contributed by atoms with E-state index < -0.39 is 0 Å². The van der Waals surface area contributed by atoms with E-state index in [4.69, 9.17) is 9.15 Å². The highest BCUT2D eigenvalue weighted by molar-refractivity contribution is 5.68. The maximum absolute atomic E-state index is 13.3. The van der Waals surface area contributed by atoms with Crippen molar-refractivity contribution in [1.29, 1.82) is 0 Å². The van der Waals surface area contributed by atoms with Crippen LogP contribution in [0, 0.1) is 12.7 Å². The number of aryl methyl sites for hydroxylation is 1. The van der Waals surface area contributed by atoms with Gasteiger partial charge in [0, 0.05) is 7.05 Å². The van der Waals surface area contributed by atoms with E-state index in [0.29, 0.717) is 28.8 Å². The predicted octanol–water partition coefficient (Wildman–Crippen LogP) is 2.84. The van der Waals surface area contributed by atoms with Gasteiger partial charge in [-0.2, -0.15) is 4.98 Å². The van der Waals surface area contributed by atoms with Crippen LogP contribution in [0.15, 0.2) is 22.6 Å². The van der Waals surface area contributed by atoms with E-state index in [2.05, 4.69) is 10.3 Å². The van der Waals surface area contributed by atoms with Gasteiger partial charge in [-0.05, 0) is 25.1 Å². The van der Waals surface area contributed by atoms with E-state index >= 15 is 0 Å². The first-order chi connectivity index (χ1) is 8.15. The molecule has 0 bridgehead atoms. The van der Waals surface area contributed by atoms with Gasteiger partial charge >= 0.3 is 0 Å². The van der Waals surface area contributed by atoms with Crippen molar-refractivity contribution in [2.75, 3.05) is 19.5 Å². The van der Waals surface area contributed by atoms with Gasteiger partial charge in [-0.3, -0.25) is 0 Å². The third-order valence-electron chi connectivity index (χ3n) is 2.42. The second kappa shape index (κ2) is 4.45. The molecule has 0 saturated heterocycles. The molecule has 0 radical (unpaired) electrons. The number of nitrogens with one attached hydrogen (secondary N) is 1. The Bertz CT molecular complexity index is 537. The van der Waals surface area contributed by atoms with Gasteiger partial charge in [0.15, 0.2) is 5.76 Å². The number of anilines is 1. The van der Waals surface area contributed by atoms with Crippen molar-refractivity contribution in [2.45, 2.75) is 6.92 Å². The lowest BCUT2D eigenvalue weighted by molar-refractivity contribution is 0.413. The lowest BCUT2D eigenvalue weighted by Gasteiger charge is -2.06. The first-order valence-electron chi connectivity index (χ1n) is 5.14. The zero-order valence-corrected chi connectivity index (χ0v) is 9.87. The van der Waals surface area contributed by atoms with E-state index in [1.54, 1.807) is 20.0 Å². The SMILES string of the molecule is CNc1nc(C)c(-c2cc(F)ccc2OC)o1. The topological polar surface area (TPSA) is 47.3 Å². The van der Waals surface area contributed by atoms with Gasteiger partial charge in [0.2, 0.25) is 0 Å². The summed E-state index contributed by atoms with van der Waals surface area (Å²) in [6.07, 6.45) is 0. The number of hydrogen-bond donors (Lipinski definition) is 1. The number of oxazole rings is 1. The van der Waals surface area contributed by atoms with Crippen LogP contribution in [0.2, 0.25) is 0 Å². The van der Waals surface area contributed by atoms with Crippen molar-refractivity contribution in [3.05, 3.63) is 29.7 Å². The summed E-state index contributed by atoms with van der Waals surface area (Å²) in [6.45, 7) is 1.80. The summed E-state index contributed by atoms with van der Waals surface area (Å²) in [5.74, 6) is 0.710. The molecule has 0 atom stereocenters. The molecule has 0 saturated carbocycles. The summed E-state index contributed by atoms with van der Waals surface area (Å²) in [5, 5.41) is 2.80. The second-order valence-electron chi connectivity index (χ2n) is 3.53. The number of aromatic nitrogens is 1. The van der Waals surface area contributed by atoms with E-state index in [1.807, 2.05) is 0 Å². The van der Waals surface area contributed by atoms with Gasteiger partial charge in [0.1, 0.15) is 11.6 Å². The molecular formula is C12H13FN2O2.